The number of hydrogen-bond donors (Lipinski definition) is 2. The molecule has 2 aromatic rings. The SMILES string of the molecule is C1CNCCN1.O=C1C(c2ccccc2)=C(Cl)c2ccccc21. The molecule has 2 aromatic carbocycles. The molecule has 1 fully saturated rings. The molecule has 1 heterocycles. The summed E-state index contributed by atoms with van der Waals surface area (Å²) in [6, 6.07) is 17.0. The Morgan fingerprint density at radius 2 is 1.26 bits per heavy atom. The molecule has 0 amide bonds. The number of benzene rings is 2. The van der Waals surface area contributed by atoms with Crippen molar-refractivity contribution in [2.24, 2.45) is 0 Å². The maximum atomic E-state index is 12.3. The monoisotopic (exact) mass is 326 g/mol. The average molecular weight is 327 g/mol. The van der Waals surface area contributed by atoms with Crippen molar-refractivity contribution in [2.45, 2.75) is 0 Å². The lowest BCUT2D eigenvalue weighted by molar-refractivity contribution is 0.105. The first kappa shape index (κ1) is 15.9. The van der Waals surface area contributed by atoms with E-state index in [-0.39, 0.29) is 5.78 Å². The van der Waals surface area contributed by atoms with Gasteiger partial charge in [-0.2, -0.15) is 0 Å². The van der Waals surface area contributed by atoms with Gasteiger partial charge in [-0.1, -0.05) is 66.2 Å². The van der Waals surface area contributed by atoms with Crippen LogP contribution >= 0.6 is 11.6 Å². The molecule has 2 aliphatic rings. The van der Waals surface area contributed by atoms with Gasteiger partial charge in [0.05, 0.1) is 5.03 Å². The van der Waals surface area contributed by atoms with E-state index in [1.807, 2.05) is 54.6 Å². The molecule has 0 unspecified atom stereocenters. The van der Waals surface area contributed by atoms with E-state index < -0.39 is 0 Å². The molecule has 2 N–H and O–H groups in total. The largest absolute Gasteiger partial charge is 0.314 e. The Morgan fingerprint density at radius 3 is 1.78 bits per heavy atom. The molecule has 4 heteroatoms. The van der Waals surface area contributed by atoms with Crippen molar-refractivity contribution in [3.8, 4) is 0 Å². The van der Waals surface area contributed by atoms with Crippen LogP contribution < -0.4 is 10.6 Å². The van der Waals surface area contributed by atoms with Crippen molar-refractivity contribution in [1.29, 1.82) is 0 Å². The highest BCUT2D eigenvalue weighted by Crippen LogP contribution is 2.40. The topological polar surface area (TPSA) is 41.1 Å². The summed E-state index contributed by atoms with van der Waals surface area (Å²) in [5.41, 5.74) is 3.00. The molecule has 23 heavy (non-hydrogen) atoms. The number of carbonyl (C=O) groups is 1. The Balaban J connectivity index is 0.000000220. The smallest absolute Gasteiger partial charge is 0.195 e. The standard InChI is InChI=1S/C15H9ClO.C4H10N2/c16-14-11-8-4-5-9-12(11)15(17)13(14)10-6-2-1-3-7-10;1-2-6-4-3-5-1/h1-9H;5-6H,1-4H2. The number of Topliss-reactive ketones (excluding diaryl/α,β-unsaturated/α-hetero) is 1. The fourth-order valence-corrected chi connectivity index (χ4v) is 3.07. The van der Waals surface area contributed by atoms with E-state index in [2.05, 4.69) is 10.6 Å². The van der Waals surface area contributed by atoms with Gasteiger partial charge in [0, 0.05) is 42.9 Å². The second kappa shape index (κ2) is 7.55. The van der Waals surface area contributed by atoms with Crippen LogP contribution in [0.1, 0.15) is 21.5 Å². The van der Waals surface area contributed by atoms with Gasteiger partial charge in [0.2, 0.25) is 0 Å². The van der Waals surface area contributed by atoms with E-state index in [9.17, 15) is 4.79 Å². The van der Waals surface area contributed by atoms with Gasteiger partial charge in [-0.15, -0.1) is 0 Å². The third kappa shape index (κ3) is 3.53. The highest BCUT2D eigenvalue weighted by Gasteiger charge is 2.28. The van der Waals surface area contributed by atoms with Gasteiger partial charge >= 0.3 is 0 Å². The third-order valence-electron chi connectivity index (χ3n) is 3.87. The van der Waals surface area contributed by atoms with Gasteiger partial charge in [0.15, 0.2) is 5.78 Å². The minimum atomic E-state index is 0.0109. The van der Waals surface area contributed by atoms with Crippen LogP contribution in [-0.2, 0) is 0 Å². The molecule has 3 nitrogen and oxygen atoms in total. The minimum Gasteiger partial charge on any atom is -0.314 e. The van der Waals surface area contributed by atoms with E-state index >= 15 is 0 Å². The van der Waals surface area contributed by atoms with Crippen molar-refractivity contribution in [3.63, 3.8) is 0 Å². The zero-order chi connectivity index (χ0) is 16.1. The summed E-state index contributed by atoms with van der Waals surface area (Å²) in [5, 5.41) is 7.00. The number of piperazine rings is 1. The molecular weight excluding hydrogens is 308 g/mol. The third-order valence-corrected chi connectivity index (χ3v) is 4.27. The van der Waals surface area contributed by atoms with E-state index in [0.29, 0.717) is 16.2 Å². The van der Waals surface area contributed by atoms with Gasteiger partial charge in [-0.05, 0) is 5.56 Å². The molecule has 1 aliphatic carbocycles. The second-order valence-corrected chi connectivity index (χ2v) is 5.81. The normalized spacial score (nSPS) is 16.7. The van der Waals surface area contributed by atoms with Crippen LogP contribution in [0.15, 0.2) is 54.6 Å². The van der Waals surface area contributed by atoms with Crippen molar-refractivity contribution >= 4 is 28.0 Å². The lowest BCUT2D eigenvalue weighted by atomic mass is 10.0. The number of hydrogen-bond acceptors (Lipinski definition) is 3. The molecule has 0 bridgehead atoms. The van der Waals surface area contributed by atoms with Gasteiger partial charge < -0.3 is 10.6 Å². The summed E-state index contributed by atoms with van der Waals surface area (Å²) < 4.78 is 0. The molecule has 0 saturated carbocycles. The minimum absolute atomic E-state index is 0.0109. The van der Waals surface area contributed by atoms with Crippen LogP contribution in [0.4, 0.5) is 0 Å². The molecular formula is C19H19ClN2O. The molecule has 0 radical (unpaired) electrons. The van der Waals surface area contributed by atoms with Crippen molar-refractivity contribution < 1.29 is 4.79 Å². The van der Waals surface area contributed by atoms with Crippen molar-refractivity contribution in [3.05, 3.63) is 71.3 Å². The number of allylic oxidation sites excluding steroid dienone is 1. The van der Waals surface area contributed by atoms with Crippen LogP contribution in [0.25, 0.3) is 10.6 Å². The summed E-state index contributed by atoms with van der Waals surface area (Å²) in [6.07, 6.45) is 0. The number of rotatable bonds is 1. The first-order valence-electron chi connectivity index (χ1n) is 7.80. The van der Waals surface area contributed by atoms with Gasteiger partial charge in [-0.25, -0.2) is 0 Å². The van der Waals surface area contributed by atoms with Crippen LogP contribution in [0.3, 0.4) is 0 Å². The lowest BCUT2D eigenvalue weighted by Gasteiger charge is -2.11. The maximum absolute atomic E-state index is 12.3. The summed E-state index contributed by atoms with van der Waals surface area (Å²) in [6.45, 7) is 4.56. The molecule has 1 aliphatic heterocycles. The molecule has 0 spiro atoms. The fraction of sp³-hybridized carbons (Fsp3) is 0.211. The Labute approximate surface area is 141 Å². The highest BCUT2D eigenvalue weighted by atomic mass is 35.5. The number of fused-ring (bicyclic) bond motifs is 1. The first-order valence-corrected chi connectivity index (χ1v) is 8.17. The molecule has 118 valence electrons. The fourth-order valence-electron chi connectivity index (χ4n) is 2.71. The number of halogens is 1. The average Bonchev–Trinajstić information content (AvgIpc) is 2.89. The Kier molecular flexibility index (Phi) is 5.23. The van der Waals surface area contributed by atoms with Crippen LogP contribution in [0, 0.1) is 0 Å². The molecule has 0 atom stereocenters. The van der Waals surface area contributed by atoms with Crippen molar-refractivity contribution in [1.82, 2.24) is 10.6 Å². The van der Waals surface area contributed by atoms with Gasteiger partial charge in [-0.3, -0.25) is 4.79 Å². The number of nitrogens with one attached hydrogen (secondary N) is 2. The van der Waals surface area contributed by atoms with Crippen LogP contribution in [0.2, 0.25) is 0 Å². The molecule has 1 saturated heterocycles. The lowest BCUT2D eigenvalue weighted by Crippen LogP contribution is -2.39. The molecule has 0 aromatic heterocycles. The summed E-state index contributed by atoms with van der Waals surface area (Å²) >= 11 is 6.30. The Morgan fingerprint density at radius 1 is 0.739 bits per heavy atom. The number of carbonyl (C=O) groups excluding carboxylic acids is 1. The summed E-state index contributed by atoms with van der Waals surface area (Å²) in [5.74, 6) is 0.0109. The van der Waals surface area contributed by atoms with E-state index in [1.54, 1.807) is 0 Å². The molecule has 4 rings (SSSR count). The van der Waals surface area contributed by atoms with Gasteiger partial charge in [0.1, 0.15) is 0 Å². The Hall–Kier alpha value is -1.94. The zero-order valence-corrected chi connectivity index (χ0v) is 13.6. The predicted octanol–water partition coefficient (Wildman–Crippen LogP) is 3.17. The maximum Gasteiger partial charge on any atom is 0.195 e. The predicted molar refractivity (Wildman–Crippen MR) is 95.6 cm³/mol. The highest BCUT2D eigenvalue weighted by molar-refractivity contribution is 6.62. The summed E-state index contributed by atoms with van der Waals surface area (Å²) in [4.78, 5) is 12.3. The quantitative estimate of drug-likeness (QED) is 0.845. The van der Waals surface area contributed by atoms with E-state index in [1.165, 1.54) is 0 Å². The van der Waals surface area contributed by atoms with E-state index in [0.717, 1.165) is 37.3 Å². The van der Waals surface area contributed by atoms with Crippen LogP contribution in [0.5, 0.6) is 0 Å². The first-order chi connectivity index (χ1) is 11.3. The zero-order valence-electron chi connectivity index (χ0n) is 12.8. The number of ketones is 1. The van der Waals surface area contributed by atoms with E-state index in [4.69, 9.17) is 11.6 Å². The summed E-state index contributed by atoms with van der Waals surface area (Å²) in [7, 11) is 0. The van der Waals surface area contributed by atoms with Gasteiger partial charge in [0.25, 0.3) is 0 Å². The van der Waals surface area contributed by atoms with Crippen molar-refractivity contribution in [2.75, 3.05) is 26.2 Å². The second-order valence-electron chi connectivity index (χ2n) is 5.43. The van der Waals surface area contributed by atoms with Crippen LogP contribution in [-0.4, -0.2) is 32.0 Å². The Bertz CT molecular complexity index is 710.